The fourth-order valence-electron chi connectivity index (χ4n) is 4.90. The SMILES string of the molecule is CC[C@@H](Nc1nnc(C(N)=O)c(Nc2cccc3c2cc(C2CN(C)CN2)n3C2CCC2)n1)C(N)=O. The number of hydrogen-bond donors (Lipinski definition) is 5. The second kappa shape index (κ2) is 9.70. The van der Waals surface area contributed by atoms with Gasteiger partial charge in [0.25, 0.3) is 5.91 Å². The van der Waals surface area contributed by atoms with Crippen molar-refractivity contribution in [3.8, 4) is 0 Å². The molecule has 1 saturated carbocycles. The summed E-state index contributed by atoms with van der Waals surface area (Å²) in [5.41, 5.74) is 14.0. The van der Waals surface area contributed by atoms with E-state index in [0.29, 0.717) is 12.5 Å². The Morgan fingerprint density at radius 2 is 2.06 bits per heavy atom. The summed E-state index contributed by atoms with van der Waals surface area (Å²) in [5, 5.41) is 18.6. The molecule has 7 N–H and O–H groups in total. The summed E-state index contributed by atoms with van der Waals surface area (Å²) in [7, 11) is 2.11. The number of aromatic nitrogens is 4. The number of nitrogens with one attached hydrogen (secondary N) is 3. The fourth-order valence-corrected chi connectivity index (χ4v) is 4.90. The van der Waals surface area contributed by atoms with E-state index in [2.05, 4.69) is 59.8 Å². The van der Waals surface area contributed by atoms with Crippen LogP contribution in [-0.4, -0.2) is 62.8 Å². The van der Waals surface area contributed by atoms with Crippen LogP contribution in [0.4, 0.5) is 17.5 Å². The van der Waals surface area contributed by atoms with E-state index in [-0.39, 0.29) is 23.5 Å². The monoisotopic (exact) mass is 492 g/mol. The molecule has 1 aliphatic heterocycles. The van der Waals surface area contributed by atoms with Gasteiger partial charge in [0.15, 0.2) is 11.5 Å². The van der Waals surface area contributed by atoms with Gasteiger partial charge in [0.05, 0.1) is 11.6 Å². The molecule has 1 unspecified atom stereocenters. The molecule has 1 saturated heterocycles. The Balaban J connectivity index is 1.55. The Morgan fingerprint density at radius 1 is 1.25 bits per heavy atom. The minimum Gasteiger partial charge on any atom is -0.368 e. The highest BCUT2D eigenvalue weighted by Crippen LogP contribution is 2.41. The normalized spacial score (nSPS) is 19.2. The molecule has 3 aromatic rings. The number of carbonyl (C=O) groups excluding carboxylic acids is 2. The molecule has 12 heteroatoms. The van der Waals surface area contributed by atoms with Gasteiger partial charge in [0, 0.05) is 36.0 Å². The van der Waals surface area contributed by atoms with E-state index in [9.17, 15) is 9.59 Å². The zero-order valence-corrected chi connectivity index (χ0v) is 20.5. The standard InChI is InChI=1S/C24H32N10O2/c1-3-15(21(25)35)29-24-30-23(20(22(26)36)31-32-24)28-16-8-5-9-18-14(16)10-19(17-11-33(2)12-27-17)34(18)13-6-4-7-13/h5,8-10,13,15,17,27H,3-4,6-7,11-12H2,1-2H3,(H2,25,35)(H2,26,36)(H2,28,29,30,32)/t15-,17?/m1/s1. The molecule has 0 radical (unpaired) electrons. The van der Waals surface area contributed by atoms with Crippen molar-refractivity contribution in [2.24, 2.45) is 11.5 Å². The van der Waals surface area contributed by atoms with Crippen molar-refractivity contribution in [2.75, 3.05) is 30.9 Å². The van der Waals surface area contributed by atoms with Crippen LogP contribution in [0.1, 0.15) is 60.9 Å². The van der Waals surface area contributed by atoms with E-state index in [0.717, 1.165) is 42.6 Å². The molecule has 2 fully saturated rings. The van der Waals surface area contributed by atoms with E-state index in [1.54, 1.807) is 0 Å². The Hall–Kier alpha value is -3.77. The van der Waals surface area contributed by atoms with Crippen LogP contribution in [0.15, 0.2) is 24.3 Å². The molecule has 5 rings (SSSR count). The average molecular weight is 493 g/mol. The summed E-state index contributed by atoms with van der Waals surface area (Å²) in [4.78, 5) is 30.4. The smallest absolute Gasteiger partial charge is 0.273 e. The number of likely N-dealkylation sites (N-methyl/N-ethyl adjacent to an activating group) is 1. The number of benzene rings is 1. The summed E-state index contributed by atoms with van der Waals surface area (Å²) < 4.78 is 2.46. The molecule has 190 valence electrons. The maximum atomic E-state index is 12.1. The predicted molar refractivity (Wildman–Crippen MR) is 137 cm³/mol. The summed E-state index contributed by atoms with van der Waals surface area (Å²) in [6.07, 6.45) is 3.99. The molecule has 2 aliphatic rings. The van der Waals surface area contributed by atoms with Crippen LogP contribution in [0.5, 0.6) is 0 Å². The zero-order chi connectivity index (χ0) is 25.4. The highest BCUT2D eigenvalue weighted by atomic mass is 16.1. The maximum Gasteiger partial charge on any atom is 0.273 e. The lowest BCUT2D eigenvalue weighted by atomic mass is 9.92. The van der Waals surface area contributed by atoms with Gasteiger partial charge in [0.2, 0.25) is 11.9 Å². The van der Waals surface area contributed by atoms with Crippen molar-refractivity contribution in [1.29, 1.82) is 0 Å². The fraction of sp³-hybridized carbons (Fsp3) is 0.458. The third kappa shape index (κ3) is 4.44. The minimum atomic E-state index is -0.760. The Bertz CT molecular complexity index is 1300. The van der Waals surface area contributed by atoms with E-state index in [4.69, 9.17) is 11.5 Å². The van der Waals surface area contributed by atoms with Gasteiger partial charge in [-0.3, -0.25) is 19.8 Å². The van der Waals surface area contributed by atoms with Gasteiger partial charge in [-0.1, -0.05) is 13.0 Å². The Morgan fingerprint density at radius 3 is 2.67 bits per heavy atom. The molecule has 2 aromatic heterocycles. The lowest BCUT2D eigenvalue weighted by molar-refractivity contribution is -0.118. The van der Waals surface area contributed by atoms with Crippen LogP contribution in [0.2, 0.25) is 0 Å². The summed E-state index contributed by atoms with van der Waals surface area (Å²) in [6.45, 7) is 3.59. The number of primary amides is 2. The summed E-state index contributed by atoms with van der Waals surface area (Å²) in [6, 6.07) is 8.29. The second-order valence-electron chi connectivity index (χ2n) is 9.55. The van der Waals surface area contributed by atoms with E-state index in [1.807, 2.05) is 19.1 Å². The number of amides is 2. The molecule has 36 heavy (non-hydrogen) atoms. The van der Waals surface area contributed by atoms with E-state index < -0.39 is 17.9 Å². The first kappa shape index (κ1) is 23.9. The van der Waals surface area contributed by atoms with Gasteiger partial charge in [0.1, 0.15) is 6.04 Å². The largest absolute Gasteiger partial charge is 0.368 e. The highest BCUT2D eigenvalue weighted by Gasteiger charge is 2.30. The number of fused-ring (bicyclic) bond motifs is 1. The second-order valence-corrected chi connectivity index (χ2v) is 9.55. The molecule has 2 amide bonds. The van der Waals surface area contributed by atoms with Crippen molar-refractivity contribution in [1.82, 2.24) is 30.0 Å². The minimum absolute atomic E-state index is 0.0752. The van der Waals surface area contributed by atoms with Crippen LogP contribution in [0.3, 0.4) is 0 Å². The highest BCUT2D eigenvalue weighted by molar-refractivity contribution is 5.99. The predicted octanol–water partition coefficient (Wildman–Crippen LogP) is 1.60. The number of hydrogen-bond acceptors (Lipinski definition) is 9. The number of nitrogens with zero attached hydrogens (tertiary/aromatic N) is 5. The molecule has 0 spiro atoms. The molecule has 3 heterocycles. The third-order valence-electron chi connectivity index (χ3n) is 7.04. The first-order valence-corrected chi connectivity index (χ1v) is 12.3. The molecular weight excluding hydrogens is 460 g/mol. The van der Waals surface area contributed by atoms with Gasteiger partial charge in [-0.2, -0.15) is 4.98 Å². The van der Waals surface area contributed by atoms with Crippen molar-refractivity contribution in [3.05, 3.63) is 35.7 Å². The van der Waals surface area contributed by atoms with E-state index >= 15 is 0 Å². The molecule has 1 aliphatic carbocycles. The zero-order valence-electron chi connectivity index (χ0n) is 20.5. The Labute approximate surface area is 208 Å². The van der Waals surface area contributed by atoms with Crippen molar-refractivity contribution >= 4 is 40.2 Å². The molecule has 1 aromatic carbocycles. The number of nitrogens with two attached hydrogens (primary N) is 2. The van der Waals surface area contributed by atoms with Gasteiger partial charge >= 0.3 is 0 Å². The van der Waals surface area contributed by atoms with Gasteiger partial charge in [-0.15, -0.1) is 10.2 Å². The van der Waals surface area contributed by atoms with Crippen molar-refractivity contribution in [2.45, 2.75) is 50.7 Å². The number of rotatable bonds is 9. The van der Waals surface area contributed by atoms with Crippen LogP contribution < -0.4 is 27.4 Å². The molecule has 12 nitrogen and oxygen atoms in total. The first-order chi connectivity index (χ1) is 17.4. The van der Waals surface area contributed by atoms with Crippen molar-refractivity contribution < 1.29 is 9.59 Å². The van der Waals surface area contributed by atoms with Gasteiger partial charge in [-0.25, -0.2) is 0 Å². The first-order valence-electron chi connectivity index (χ1n) is 12.3. The summed E-state index contributed by atoms with van der Waals surface area (Å²) >= 11 is 0. The quantitative estimate of drug-likeness (QED) is 0.298. The average Bonchev–Trinajstić information content (AvgIpc) is 3.40. The lowest BCUT2D eigenvalue weighted by Gasteiger charge is -2.31. The molecular formula is C24H32N10O2. The summed E-state index contributed by atoms with van der Waals surface area (Å²) in [5.74, 6) is -1.06. The van der Waals surface area contributed by atoms with Crippen LogP contribution >= 0.6 is 0 Å². The van der Waals surface area contributed by atoms with Gasteiger partial charge in [-0.05, 0) is 50.9 Å². The van der Waals surface area contributed by atoms with Crippen LogP contribution in [-0.2, 0) is 4.79 Å². The number of carbonyl (C=O) groups is 2. The van der Waals surface area contributed by atoms with Crippen LogP contribution in [0.25, 0.3) is 10.9 Å². The maximum absolute atomic E-state index is 12.1. The van der Waals surface area contributed by atoms with E-state index in [1.165, 1.54) is 12.1 Å². The number of anilines is 3. The topological polar surface area (TPSA) is 169 Å². The van der Waals surface area contributed by atoms with Crippen LogP contribution in [0, 0.1) is 0 Å². The third-order valence-corrected chi connectivity index (χ3v) is 7.04. The molecule has 2 atom stereocenters. The van der Waals surface area contributed by atoms with Crippen molar-refractivity contribution in [3.63, 3.8) is 0 Å². The molecule has 0 bridgehead atoms. The Kier molecular flexibility index (Phi) is 6.46. The lowest BCUT2D eigenvalue weighted by Crippen LogP contribution is -2.35. The van der Waals surface area contributed by atoms with Gasteiger partial charge < -0.3 is 26.7 Å².